The molecule has 1 unspecified atom stereocenters. The number of halogens is 3. The van der Waals surface area contributed by atoms with E-state index in [1.54, 1.807) is 6.07 Å². The summed E-state index contributed by atoms with van der Waals surface area (Å²) < 4.78 is 37.2. The highest BCUT2D eigenvalue weighted by molar-refractivity contribution is 9.10. The summed E-state index contributed by atoms with van der Waals surface area (Å²) in [4.78, 5) is 0. The number of sulfone groups is 1. The second kappa shape index (κ2) is 6.32. The molecule has 0 aliphatic carbocycles. The quantitative estimate of drug-likeness (QED) is 0.823. The summed E-state index contributed by atoms with van der Waals surface area (Å²) in [5.41, 5.74) is 0.260. The molecule has 1 aromatic carbocycles. The van der Waals surface area contributed by atoms with Crippen molar-refractivity contribution in [1.29, 1.82) is 0 Å². The van der Waals surface area contributed by atoms with E-state index in [1.165, 1.54) is 6.07 Å². The molecule has 1 atom stereocenters. The van der Waals surface area contributed by atoms with Gasteiger partial charge in [-0.2, -0.15) is 0 Å². The summed E-state index contributed by atoms with van der Waals surface area (Å²) in [6.07, 6.45) is 1.12. The van der Waals surface area contributed by atoms with E-state index < -0.39 is 21.7 Å². The zero-order valence-electron chi connectivity index (χ0n) is 10.0. The summed E-state index contributed by atoms with van der Waals surface area (Å²) in [5.74, 6) is -0.768. The predicted molar refractivity (Wildman–Crippen MR) is 75.2 cm³/mol. The first-order valence-electron chi connectivity index (χ1n) is 5.30. The van der Waals surface area contributed by atoms with E-state index in [-0.39, 0.29) is 16.3 Å². The van der Waals surface area contributed by atoms with Crippen LogP contribution < -0.4 is 5.32 Å². The summed E-state index contributed by atoms with van der Waals surface area (Å²) in [6, 6.07) is 2.53. The Morgan fingerprint density at radius 1 is 1.50 bits per heavy atom. The smallest absolute Gasteiger partial charge is 0.149 e. The van der Waals surface area contributed by atoms with Crippen LogP contribution in [-0.4, -0.2) is 27.0 Å². The molecule has 3 nitrogen and oxygen atoms in total. The first-order valence-corrected chi connectivity index (χ1v) is 8.54. The van der Waals surface area contributed by atoms with Gasteiger partial charge in [-0.1, -0.05) is 24.6 Å². The highest BCUT2D eigenvalue weighted by Gasteiger charge is 2.22. The molecule has 0 saturated heterocycles. The molecule has 0 heterocycles. The van der Waals surface area contributed by atoms with E-state index in [4.69, 9.17) is 11.6 Å². The molecule has 102 valence electrons. The molecular formula is C11H14BrClFNO2S. The van der Waals surface area contributed by atoms with Crippen molar-refractivity contribution < 1.29 is 12.8 Å². The molecule has 0 aliphatic rings. The predicted octanol–water partition coefficient (Wildman–Crippen LogP) is 2.94. The van der Waals surface area contributed by atoms with Crippen LogP contribution in [0, 0.1) is 5.82 Å². The fourth-order valence-electron chi connectivity index (χ4n) is 1.62. The lowest BCUT2D eigenvalue weighted by atomic mass is 10.1. The number of rotatable bonds is 5. The van der Waals surface area contributed by atoms with Crippen LogP contribution in [0.3, 0.4) is 0 Å². The van der Waals surface area contributed by atoms with Crippen molar-refractivity contribution in [3.63, 3.8) is 0 Å². The Labute approximate surface area is 120 Å². The van der Waals surface area contributed by atoms with E-state index in [2.05, 4.69) is 21.2 Å². The third-order valence-corrected chi connectivity index (χ3v) is 4.56. The van der Waals surface area contributed by atoms with E-state index in [1.807, 2.05) is 6.92 Å². The van der Waals surface area contributed by atoms with Crippen LogP contribution >= 0.6 is 27.5 Å². The molecule has 1 rings (SSSR count). The van der Waals surface area contributed by atoms with Gasteiger partial charge in [-0.15, -0.1) is 0 Å². The second-order valence-corrected chi connectivity index (χ2v) is 7.38. The zero-order chi connectivity index (χ0) is 13.9. The van der Waals surface area contributed by atoms with Crippen LogP contribution in [0.5, 0.6) is 0 Å². The average molecular weight is 359 g/mol. The number of nitrogens with one attached hydrogen (secondary N) is 1. The molecule has 0 spiro atoms. The highest BCUT2D eigenvalue weighted by Crippen LogP contribution is 2.30. The normalized spacial score (nSPS) is 13.6. The number of benzene rings is 1. The van der Waals surface area contributed by atoms with Gasteiger partial charge >= 0.3 is 0 Å². The molecule has 0 fully saturated rings. The van der Waals surface area contributed by atoms with E-state index in [0.29, 0.717) is 11.0 Å². The van der Waals surface area contributed by atoms with Gasteiger partial charge in [0.1, 0.15) is 15.7 Å². The molecule has 0 bridgehead atoms. The Balaban J connectivity index is 3.18. The molecule has 0 radical (unpaired) electrons. The van der Waals surface area contributed by atoms with Crippen molar-refractivity contribution >= 4 is 37.4 Å². The Bertz CT molecular complexity index is 536. The molecule has 0 saturated carbocycles. The fraction of sp³-hybridized carbons (Fsp3) is 0.455. The molecular weight excluding hydrogens is 345 g/mol. The Hall–Kier alpha value is -0.170. The lowest BCUT2D eigenvalue weighted by Crippen LogP contribution is -2.28. The largest absolute Gasteiger partial charge is 0.309 e. The van der Waals surface area contributed by atoms with Gasteiger partial charge in [0.15, 0.2) is 0 Å². The van der Waals surface area contributed by atoms with Crippen molar-refractivity contribution in [2.24, 2.45) is 0 Å². The minimum Gasteiger partial charge on any atom is -0.309 e. The molecule has 18 heavy (non-hydrogen) atoms. The third kappa shape index (κ3) is 4.19. The molecule has 0 amide bonds. The molecule has 0 aromatic heterocycles. The molecule has 1 N–H and O–H groups in total. The van der Waals surface area contributed by atoms with Crippen LogP contribution in [0.4, 0.5) is 4.39 Å². The van der Waals surface area contributed by atoms with Crippen molar-refractivity contribution in [1.82, 2.24) is 5.32 Å². The minimum absolute atomic E-state index is 0.0381. The summed E-state index contributed by atoms with van der Waals surface area (Å²) in [5, 5.41) is 2.91. The van der Waals surface area contributed by atoms with Gasteiger partial charge in [-0.05, 0) is 28.5 Å². The second-order valence-electron chi connectivity index (χ2n) is 3.97. The van der Waals surface area contributed by atoms with Gasteiger partial charge in [0, 0.05) is 22.3 Å². The van der Waals surface area contributed by atoms with Gasteiger partial charge < -0.3 is 5.32 Å². The minimum atomic E-state index is -3.22. The Morgan fingerprint density at radius 2 is 2.11 bits per heavy atom. The van der Waals surface area contributed by atoms with Gasteiger partial charge in [0.2, 0.25) is 0 Å². The van der Waals surface area contributed by atoms with Gasteiger partial charge in [-0.25, -0.2) is 12.8 Å². The third-order valence-electron chi connectivity index (χ3n) is 2.36. The maximum Gasteiger partial charge on any atom is 0.149 e. The Kier molecular flexibility index (Phi) is 5.58. The van der Waals surface area contributed by atoms with Crippen molar-refractivity contribution in [3.8, 4) is 0 Å². The average Bonchev–Trinajstić information content (AvgIpc) is 2.24. The summed E-state index contributed by atoms with van der Waals surface area (Å²) in [6.45, 7) is 2.36. The standard InChI is InChI=1S/C11H14BrClFNO2S/c1-3-15-9(6-18(2,16)17)7-4-5-8(12)10(13)11(7)14/h4-5,9,15H,3,6H2,1-2H3. The first kappa shape index (κ1) is 15.9. The van der Waals surface area contributed by atoms with Crippen molar-refractivity contribution in [3.05, 3.63) is 33.0 Å². The van der Waals surface area contributed by atoms with E-state index in [0.717, 1.165) is 6.26 Å². The number of hydrogen-bond acceptors (Lipinski definition) is 3. The molecule has 1 aromatic rings. The van der Waals surface area contributed by atoms with Crippen LogP contribution in [0.15, 0.2) is 16.6 Å². The SMILES string of the molecule is CCNC(CS(C)(=O)=O)c1ccc(Br)c(Cl)c1F. The zero-order valence-corrected chi connectivity index (χ0v) is 13.2. The monoisotopic (exact) mass is 357 g/mol. The molecule has 7 heteroatoms. The molecule has 0 aliphatic heterocycles. The summed E-state index contributed by atoms with van der Waals surface area (Å²) in [7, 11) is -3.22. The van der Waals surface area contributed by atoms with Crippen LogP contribution in [0.1, 0.15) is 18.5 Å². The van der Waals surface area contributed by atoms with Gasteiger partial charge in [-0.3, -0.25) is 0 Å². The van der Waals surface area contributed by atoms with Crippen molar-refractivity contribution in [2.45, 2.75) is 13.0 Å². The van der Waals surface area contributed by atoms with Crippen LogP contribution in [0.25, 0.3) is 0 Å². The lowest BCUT2D eigenvalue weighted by molar-refractivity contribution is 0.531. The van der Waals surface area contributed by atoms with Gasteiger partial charge in [0.25, 0.3) is 0 Å². The lowest BCUT2D eigenvalue weighted by Gasteiger charge is -2.18. The summed E-state index contributed by atoms with van der Waals surface area (Å²) >= 11 is 8.92. The fourth-order valence-corrected chi connectivity index (χ4v) is 3.00. The number of hydrogen-bond donors (Lipinski definition) is 1. The van der Waals surface area contributed by atoms with Crippen molar-refractivity contribution in [2.75, 3.05) is 18.6 Å². The van der Waals surface area contributed by atoms with E-state index >= 15 is 0 Å². The van der Waals surface area contributed by atoms with Crippen LogP contribution in [-0.2, 0) is 9.84 Å². The van der Waals surface area contributed by atoms with E-state index in [9.17, 15) is 12.8 Å². The Morgan fingerprint density at radius 3 is 2.61 bits per heavy atom. The maximum atomic E-state index is 14.0. The maximum absolute atomic E-state index is 14.0. The topological polar surface area (TPSA) is 46.2 Å². The van der Waals surface area contributed by atoms with Gasteiger partial charge in [0.05, 0.1) is 10.8 Å². The highest BCUT2D eigenvalue weighted by atomic mass is 79.9. The first-order chi connectivity index (χ1) is 8.26. The van der Waals surface area contributed by atoms with Crippen LogP contribution in [0.2, 0.25) is 5.02 Å².